The van der Waals surface area contributed by atoms with Gasteiger partial charge in [0.05, 0.1) is 22.3 Å². The SMILES string of the molecule is [2H]C([2H])([2H])C([2H])(c1ccc2c(n1)oc1c(-c3c(-c4ccc(F)cc4)ccc[n+]3C)c(C)ccc12)C([2H])([2H])[2H].[2H]C([2H])([2H])C([2H])(c1ccc2c(n1)oc1c(-c3cc(-c4ccccc4F)cc[n+]3C)c(C)ccc12)C([2H])([2H])[2H].[2H]C([2H])([2H])C([2H])(c1ccc2c(n1)oc1c(-c3ccc(-c4ccccc4F)c[n+]3C)c(C)ccc12)C([2H])([2H])[2H]. The second-order valence-electron chi connectivity index (χ2n) is 22.7. The normalized spacial score (nSPS) is 16.2. The van der Waals surface area contributed by atoms with E-state index in [-0.39, 0.29) is 34.6 Å². The van der Waals surface area contributed by atoms with E-state index in [0.717, 1.165) is 61.6 Å². The highest BCUT2D eigenvalue weighted by atomic mass is 19.1. The topological polar surface area (TPSA) is 89.7 Å². The summed E-state index contributed by atoms with van der Waals surface area (Å²) >= 11 is 0. The zero-order chi connectivity index (χ0) is 82.9. The molecule has 0 atom stereocenters. The van der Waals surface area contributed by atoms with Crippen LogP contribution in [0.2, 0.25) is 0 Å². The number of hydrogen-bond donors (Lipinski definition) is 0. The smallest absolute Gasteiger partial charge is 0.227 e. The van der Waals surface area contributed by atoms with Gasteiger partial charge >= 0.3 is 0 Å². The fraction of sp³-hybridized carbons (Fsp3) is 0.185. The van der Waals surface area contributed by atoms with Crippen molar-refractivity contribution in [2.24, 2.45) is 21.1 Å². The van der Waals surface area contributed by atoms with Crippen LogP contribution < -0.4 is 13.7 Å². The van der Waals surface area contributed by atoms with Crippen LogP contribution in [0.25, 0.3) is 133 Å². The van der Waals surface area contributed by atoms with E-state index in [1.54, 1.807) is 66.7 Å². The Hall–Kier alpha value is -10.6. The van der Waals surface area contributed by atoms with E-state index in [1.165, 1.54) is 42.5 Å². The molecule has 0 bridgehead atoms. The van der Waals surface area contributed by atoms with Crippen LogP contribution >= 0.6 is 0 Å². The summed E-state index contributed by atoms with van der Waals surface area (Å²) in [5, 5.41) is 3.77. The molecule has 93 heavy (non-hydrogen) atoms. The first-order valence-corrected chi connectivity index (χ1v) is 29.5. The van der Waals surface area contributed by atoms with Gasteiger partial charge < -0.3 is 13.3 Å². The number of fused-ring (bicyclic) bond motifs is 9. The highest BCUT2D eigenvalue weighted by Gasteiger charge is 2.28. The number of aryl methyl sites for hydroxylation is 6. The Bertz CT molecular complexity index is 6260. The second kappa shape index (κ2) is 24.9. The lowest BCUT2D eigenvalue weighted by Crippen LogP contribution is -2.31. The molecule has 0 spiro atoms. The van der Waals surface area contributed by atoms with Gasteiger partial charge in [-0.2, -0.15) is 0 Å². The van der Waals surface area contributed by atoms with E-state index in [9.17, 15) is 13.2 Å². The first kappa shape index (κ1) is 41.0. The molecule has 6 aromatic carbocycles. The molecule has 9 heterocycles. The van der Waals surface area contributed by atoms with Crippen LogP contribution in [0.1, 0.15) is 121 Å². The molecule has 15 rings (SSSR count). The summed E-state index contributed by atoms with van der Waals surface area (Å²) in [5.74, 6) is -9.81. The van der Waals surface area contributed by atoms with Gasteiger partial charge in [-0.25, -0.2) is 41.8 Å². The van der Waals surface area contributed by atoms with E-state index >= 15 is 0 Å². The summed E-state index contributed by atoms with van der Waals surface area (Å²) in [7, 11) is 5.59. The van der Waals surface area contributed by atoms with Crippen LogP contribution in [0, 0.1) is 38.2 Å². The Morgan fingerprint density at radius 3 is 1.30 bits per heavy atom. The maximum atomic E-state index is 14.6. The average Bonchev–Trinajstić information content (AvgIpc) is 1.49. The minimum atomic E-state index is -3.16. The van der Waals surface area contributed by atoms with Gasteiger partial charge in [0, 0.05) is 119 Å². The fourth-order valence-electron chi connectivity index (χ4n) is 12.0. The lowest BCUT2D eigenvalue weighted by molar-refractivity contribution is -0.660. The van der Waals surface area contributed by atoms with E-state index in [0.29, 0.717) is 71.3 Å². The monoisotopic (exact) mass is 1250 g/mol. The molecule has 0 unspecified atom stereocenters. The number of furan rings is 3. The van der Waals surface area contributed by atoms with Crippen molar-refractivity contribution in [3.63, 3.8) is 0 Å². The van der Waals surface area contributed by atoms with Crippen molar-refractivity contribution in [2.75, 3.05) is 0 Å². The molecule has 462 valence electrons. The van der Waals surface area contributed by atoms with Crippen molar-refractivity contribution >= 4 is 66.2 Å². The molecule has 0 saturated heterocycles. The molecule has 12 heteroatoms. The van der Waals surface area contributed by atoms with E-state index < -0.39 is 75.9 Å². The second-order valence-corrected chi connectivity index (χ2v) is 22.7. The number of nitrogens with zero attached hydrogens (tertiary/aromatic N) is 6. The molecule has 0 fully saturated rings. The third-order valence-electron chi connectivity index (χ3n) is 16.7. The molecule has 9 nitrogen and oxygen atoms in total. The van der Waals surface area contributed by atoms with Gasteiger partial charge in [-0.3, -0.25) is 0 Å². The van der Waals surface area contributed by atoms with Gasteiger partial charge in [-0.1, -0.05) is 126 Å². The molecule has 9 aromatic heterocycles. The third kappa shape index (κ3) is 11.5. The molecule has 15 aromatic rings. The van der Waals surface area contributed by atoms with E-state index in [4.69, 9.17) is 42.0 Å². The Morgan fingerprint density at radius 2 is 0.817 bits per heavy atom. The lowest BCUT2D eigenvalue weighted by atomic mass is 9.94. The van der Waals surface area contributed by atoms with Gasteiger partial charge in [0.15, 0.2) is 35.3 Å². The first-order valence-electron chi connectivity index (χ1n) is 40.0. The summed E-state index contributed by atoms with van der Waals surface area (Å²) in [4.78, 5) is 12.8. The number of halogens is 3. The number of pyridine rings is 6. The summed E-state index contributed by atoms with van der Waals surface area (Å²) in [6, 6.07) is 50.2. The number of hydrogen-bond acceptors (Lipinski definition) is 6. The molecule has 0 aliphatic carbocycles. The van der Waals surface area contributed by atoms with E-state index in [1.807, 2.05) is 147 Å². The largest absolute Gasteiger partial charge is 0.437 e. The number of aromatic nitrogens is 6. The highest BCUT2D eigenvalue weighted by molar-refractivity contribution is 6.11. The predicted octanol–water partition coefficient (Wildman–Crippen LogP) is 20.1. The summed E-state index contributed by atoms with van der Waals surface area (Å²) in [6.45, 7) is -13.2. The predicted molar refractivity (Wildman–Crippen MR) is 367 cm³/mol. The molecule has 0 radical (unpaired) electrons. The van der Waals surface area contributed by atoms with Crippen molar-refractivity contribution in [1.29, 1.82) is 0 Å². The zero-order valence-electron chi connectivity index (χ0n) is 72.1. The maximum absolute atomic E-state index is 14.6. The molecule has 0 saturated carbocycles. The first-order chi connectivity index (χ1) is 53.2. The maximum Gasteiger partial charge on any atom is 0.227 e. The molecular formula is C81H72F3N6O3+3. The van der Waals surface area contributed by atoms with Crippen LogP contribution in [-0.2, 0) is 21.1 Å². The third-order valence-corrected chi connectivity index (χ3v) is 16.7. The Morgan fingerprint density at radius 1 is 0.387 bits per heavy atom. The fourth-order valence-corrected chi connectivity index (χ4v) is 12.0. The lowest BCUT2D eigenvalue weighted by Gasteiger charge is -2.10. The minimum absolute atomic E-state index is 0.0300. The van der Waals surface area contributed by atoms with Gasteiger partial charge in [0.25, 0.3) is 0 Å². The van der Waals surface area contributed by atoms with Crippen molar-refractivity contribution in [2.45, 2.75) is 79.6 Å². The van der Waals surface area contributed by atoms with Crippen LogP contribution in [0.15, 0.2) is 214 Å². The minimum Gasteiger partial charge on any atom is -0.437 e. The summed E-state index contributed by atoms with van der Waals surface area (Å²) in [6.07, 6.45) is 5.54. The van der Waals surface area contributed by atoms with Crippen molar-refractivity contribution in [1.82, 2.24) is 15.0 Å². The standard InChI is InChI=1S/3C27H24FN2O/c1-16(2)23-14-13-22-21-12-7-17(3)24(26(21)31-27(22)29-23)25-20(6-5-15-30(25)4)18-8-10-19(28)11-9-18;1-16(2)23-13-12-21-20-11-9-17(3)25(26(20)31-27(21)29-23)24-14-10-18(15-30(24)4)19-7-5-6-8-22(19)28;1-16(2)23-12-11-21-20-10-9-17(3)25(26(20)31-27(21)29-23)24-15-18(13-14-30(24)4)19-7-5-6-8-22(19)28/h3*5-16H,1-4H3/q3*+1/i3*1D3,2D3,16D. The van der Waals surface area contributed by atoms with Crippen LogP contribution in [-0.4, -0.2) is 15.0 Å². The van der Waals surface area contributed by atoms with Crippen molar-refractivity contribution in [3.8, 4) is 67.2 Å². The molecule has 0 amide bonds. The molecule has 0 N–H and O–H groups in total. The zero-order valence-corrected chi connectivity index (χ0v) is 51.1. The number of benzene rings is 6. The van der Waals surface area contributed by atoms with Crippen LogP contribution in [0.4, 0.5) is 13.2 Å². The van der Waals surface area contributed by atoms with Crippen molar-refractivity contribution in [3.05, 3.63) is 252 Å². The van der Waals surface area contributed by atoms with Crippen LogP contribution in [0.5, 0.6) is 0 Å². The van der Waals surface area contributed by atoms with E-state index in [2.05, 4.69) is 15.0 Å². The number of rotatable bonds is 9. The molecular weight excluding hydrogens is 1160 g/mol. The van der Waals surface area contributed by atoms with Crippen LogP contribution in [0.3, 0.4) is 0 Å². The summed E-state index contributed by atoms with van der Waals surface area (Å²) in [5.41, 5.74) is 11.5. The van der Waals surface area contributed by atoms with Gasteiger partial charge in [0.1, 0.15) is 38.6 Å². The highest BCUT2D eigenvalue weighted by Crippen LogP contribution is 2.43. The van der Waals surface area contributed by atoms with Crippen molar-refractivity contribution < 1.29 is 68.9 Å². The quantitative estimate of drug-likeness (QED) is 0.134. The average molecular weight is 1260 g/mol. The van der Waals surface area contributed by atoms with Gasteiger partial charge in [0.2, 0.25) is 34.2 Å². The Kier molecular flexibility index (Phi) is 11.0. The van der Waals surface area contributed by atoms with Gasteiger partial charge in [-0.15, -0.1) is 0 Å². The summed E-state index contributed by atoms with van der Waals surface area (Å²) < 4.78 is 232. The molecule has 0 aliphatic rings. The molecule has 0 aliphatic heterocycles. The Balaban J connectivity index is 0.000000149. The van der Waals surface area contributed by atoms with Gasteiger partial charge in [-0.05, 0) is 139 Å². The Labute approximate surface area is 568 Å².